The molecule has 0 aliphatic carbocycles. The summed E-state index contributed by atoms with van der Waals surface area (Å²) in [5.74, 6) is -0.789. The Morgan fingerprint density at radius 1 is 1.33 bits per heavy atom. The Morgan fingerprint density at radius 2 is 2.04 bits per heavy atom. The van der Waals surface area contributed by atoms with Gasteiger partial charge in [0.1, 0.15) is 16.4 Å². The van der Waals surface area contributed by atoms with E-state index in [1.165, 1.54) is 30.6 Å². The van der Waals surface area contributed by atoms with Gasteiger partial charge in [-0.05, 0) is 36.3 Å². The third kappa shape index (κ3) is 4.52. The molecule has 0 aliphatic rings. The maximum Gasteiger partial charge on any atom is 0.341 e. The molecule has 0 fully saturated rings. The Morgan fingerprint density at radius 3 is 2.67 bits per heavy atom. The molecule has 1 heterocycles. The predicted molar refractivity (Wildman–Crippen MR) is 100 cm³/mol. The summed E-state index contributed by atoms with van der Waals surface area (Å²) in [6.07, 6.45) is 2.08. The molecule has 1 aromatic heterocycles. The normalized spacial score (nSPS) is 10.3. The number of thiocarbonyl (C=S) groups is 1. The van der Waals surface area contributed by atoms with Crippen LogP contribution in [0, 0.1) is 5.82 Å². The summed E-state index contributed by atoms with van der Waals surface area (Å²) in [5, 5.41) is 9.04. The Hall–Kier alpha value is -1.99. The van der Waals surface area contributed by atoms with Crippen LogP contribution in [0.25, 0.3) is 11.1 Å². The lowest BCUT2D eigenvalue weighted by Crippen LogP contribution is -2.29. The van der Waals surface area contributed by atoms with E-state index >= 15 is 0 Å². The number of ether oxygens (including phenoxy) is 1. The van der Waals surface area contributed by atoms with Gasteiger partial charge in [0, 0.05) is 17.5 Å². The van der Waals surface area contributed by atoms with Crippen LogP contribution in [0.15, 0.2) is 29.6 Å². The van der Waals surface area contributed by atoms with E-state index in [9.17, 15) is 9.18 Å². The zero-order valence-electron chi connectivity index (χ0n) is 13.5. The second-order valence-corrected chi connectivity index (χ2v) is 6.37. The Kier molecular flexibility index (Phi) is 6.69. The van der Waals surface area contributed by atoms with Crippen LogP contribution in [-0.4, -0.2) is 24.7 Å². The van der Waals surface area contributed by atoms with Gasteiger partial charge in [-0.1, -0.05) is 25.5 Å². The highest BCUT2D eigenvalue weighted by Crippen LogP contribution is 2.36. The number of nitrogens with one attached hydrogen (secondary N) is 2. The molecule has 1 aromatic carbocycles. The van der Waals surface area contributed by atoms with Crippen molar-refractivity contribution in [1.29, 1.82) is 0 Å². The SMILES string of the molecule is CCCCNC(=S)Nc1scc(-c2ccc(F)cc2)c1C(=O)OC. The second-order valence-electron chi connectivity index (χ2n) is 5.09. The molecule has 128 valence electrons. The maximum atomic E-state index is 13.1. The fourth-order valence-corrected chi connectivity index (χ4v) is 3.35. The first-order valence-corrected chi connectivity index (χ1v) is 8.86. The highest BCUT2D eigenvalue weighted by Gasteiger charge is 2.21. The molecule has 24 heavy (non-hydrogen) atoms. The number of thiophene rings is 1. The van der Waals surface area contributed by atoms with Crippen molar-refractivity contribution < 1.29 is 13.9 Å². The summed E-state index contributed by atoms with van der Waals surface area (Å²) in [4.78, 5) is 12.2. The van der Waals surface area contributed by atoms with E-state index in [1.807, 2.05) is 5.38 Å². The lowest BCUT2D eigenvalue weighted by Gasteiger charge is -2.11. The summed E-state index contributed by atoms with van der Waals surface area (Å²) >= 11 is 6.61. The van der Waals surface area contributed by atoms with Crippen molar-refractivity contribution in [3.05, 3.63) is 41.0 Å². The Labute approximate surface area is 150 Å². The van der Waals surface area contributed by atoms with E-state index in [0.717, 1.165) is 24.9 Å². The number of carbonyl (C=O) groups is 1. The summed E-state index contributed by atoms with van der Waals surface area (Å²) in [6.45, 7) is 2.87. The van der Waals surface area contributed by atoms with Crippen LogP contribution in [0.4, 0.5) is 9.39 Å². The molecular weight excluding hydrogens is 347 g/mol. The number of halogens is 1. The van der Waals surface area contributed by atoms with Crippen LogP contribution in [0.1, 0.15) is 30.1 Å². The minimum absolute atomic E-state index is 0.326. The van der Waals surface area contributed by atoms with E-state index in [-0.39, 0.29) is 5.82 Å². The molecular formula is C17H19FN2O2S2. The molecule has 0 saturated heterocycles. The molecule has 0 saturated carbocycles. The number of rotatable bonds is 6. The quantitative estimate of drug-likeness (QED) is 0.450. The number of carbonyl (C=O) groups excluding carboxylic acids is 1. The minimum atomic E-state index is -0.463. The van der Waals surface area contributed by atoms with Crippen LogP contribution >= 0.6 is 23.6 Å². The first-order valence-electron chi connectivity index (χ1n) is 7.57. The number of esters is 1. The van der Waals surface area contributed by atoms with Crippen molar-refractivity contribution in [1.82, 2.24) is 5.32 Å². The molecule has 0 amide bonds. The van der Waals surface area contributed by atoms with Gasteiger partial charge < -0.3 is 15.4 Å². The summed E-state index contributed by atoms with van der Waals surface area (Å²) < 4.78 is 18.0. The van der Waals surface area contributed by atoms with Gasteiger partial charge in [0.05, 0.1) is 7.11 Å². The smallest absolute Gasteiger partial charge is 0.341 e. The number of hydrogen-bond donors (Lipinski definition) is 2. The first-order chi connectivity index (χ1) is 11.6. The third-order valence-corrected chi connectivity index (χ3v) is 4.52. The van der Waals surface area contributed by atoms with Crippen LogP contribution in [0.3, 0.4) is 0 Å². The van der Waals surface area contributed by atoms with Crippen molar-refractivity contribution in [2.75, 3.05) is 19.0 Å². The number of benzene rings is 1. The molecule has 0 aliphatic heterocycles. The van der Waals surface area contributed by atoms with Gasteiger partial charge >= 0.3 is 5.97 Å². The highest BCUT2D eigenvalue weighted by molar-refractivity contribution is 7.80. The van der Waals surface area contributed by atoms with Crippen LogP contribution in [-0.2, 0) is 4.74 Å². The van der Waals surface area contributed by atoms with Gasteiger partial charge in [0.25, 0.3) is 0 Å². The predicted octanol–water partition coefficient (Wildman–Crippen LogP) is 4.43. The molecule has 7 heteroatoms. The van der Waals surface area contributed by atoms with Gasteiger partial charge in [-0.2, -0.15) is 0 Å². The van der Waals surface area contributed by atoms with Crippen molar-refractivity contribution in [2.45, 2.75) is 19.8 Å². The Bertz CT molecular complexity index is 714. The molecule has 0 bridgehead atoms. The third-order valence-electron chi connectivity index (χ3n) is 3.38. The highest BCUT2D eigenvalue weighted by atomic mass is 32.1. The minimum Gasteiger partial charge on any atom is -0.465 e. The zero-order valence-corrected chi connectivity index (χ0v) is 15.2. The van der Waals surface area contributed by atoms with E-state index in [4.69, 9.17) is 17.0 Å². The maximum absolute atomic E-state index is 13.1. The fourth-order valence-electron chi connectivity index (χ4n) is 2.12. The van der Waals surface area contributed by atoms with E-state index in [0.29, 0.717) is 21.2 Å². The molecule has 4 nitrogen and oxygen atoms in total. The fraction of sp³-hybridized carbons (Fsp3) is 0.294. The average molecular weight is 366 g/mol. The lowest BCUT2D eigenvalue weighted by atomic mass is 10.0. The lowest BCUT2D eigenvalue weighted by molar-refractivity contribution is 0.0603. The van der Waals surface area contributed by atoms with Crippen LogP contribution in [0.2, 0.25) is 0 Å². The van der Waals surface area contributed by atoms with Gasteiger partial charge in [0.15, 0.2) is 5.11 Å². The number of anilines is 1. The summed E-state index contributed by atoms with van der Waals surface area (Å²) in [5.41, 5.74) is 1.82. The molecule has 2 N–H and O–H groups in total. The van der Waals surface area contributed by atoms with Gasteiger partial charge in [-0.3, -0.25) is 0 Å². The van der Waals surface area contributed by atoms with Crippen molar-refractivity contribution in [2.24, 2.45) is 0 Å². The Balaban J connectivity index is 2.27. The molecule has 0 atom stereocenters. The molecule has 2 rings (SSSR count). The van der Waals surface area contributed by atoms with Crippen molar-refractivity contribution in [3.8, 4) is 11.1 Å². The van der Waals surface area contributed by atoms with Crippen molar-refractivity contribution >= 4 is 39.6 Å². The van der Waals surface area contributed by atoms with Crippen LogP contribution in [0.5, 0.6) is 0 Å². The average Bonchev–Trinajstić information content (AvgIpc) is 2.98. The van der Waals surface area contributed by atoms with Gasteiger partial charge in [-0.15, -0.1) is 11.3 Å². The first kappa shape index (κ1) is 18.4. The van der Waals surface area contributed by atoms with E-state index < -0.39 is 5.97 Å². The largest absolute Gasteiger partial charge is 0.465 e. The number of hydrogen-bond acceptors (Lipinski definition) is 4. The molecule has 0 radical (unpaired) electrons. The number of methoxy groups -OCH3 is 1. The van der Waals surface area contributed by atoms with Crippen molar-refractivity contribution in [3.63, 3.8) is 0 Å². The number of unbranched alkanes of at least 4 members (excludes halogenated alkanes) is 1. The van der Waals surface area contributed by atoms with Gasteiger partial charge in [0.2, 0.25) is 0 Å². The van der Waals surface area contributed by atoms with Crippen LogP contribution < -0.4 is 10.6 Å². The molecule has 2 aromatic rings. The van der Waals surface area contributed by atoms with Gasteiger partial charge in [-0.25, -0.2) is 9.18 Å². The standard InChI is InChI=1S/C17H19FN2O2S2/c1-3-4-9-19-17(23)20-15-14(16(21)22-2)13(10-24-15)11-5-7-12(18)8-6-11/h5-8,10H,3-4,9H2,1-2H3,(H2,19,20,23). The monoisotopic (exact) mass is 366 g/mol. The summed E-state index contributed by atoms with van der Waals surface area (Å²) in [6, 6.07) is 5.98. The summed E-state index contributed by atoms with van der Waals surface area (Å²) in [7, 11) is 1.33. The zero-order chi connectivity index (χ0) is 17.5. The second kappa shape index (κ2) is 8.75. The molecule has 0 spiro atoms. The topological polar surface area (TPSA) is 50.4 Å². The van der Waals surface area contributed by atoms with E-state index in [2.05, 4.69) is 17.6 Å². The van der Waals surface area contributed by atoms with E-state index in [1.54, 1.807) is 12.1 Å². The molecule has 0 unspecified atom stereocenters.